The predicted octanol–water partition coefficient (Wildman–Crippen LogP) is 4.09. The summed E-state index contributed by atoms with van der Waals surface area (Å²) >= 11 is 0. The summed E-state index contributed by atoms with van der Waals surface area (Å²) in [5, 5.41) is 4.95. The number of para-hydroxylation sites is 1. The van der Waals surface area contributed by atoms with Gasteiger partial charge in [-0.1, -0.05) is 45.9 Å². The number of rotatable bonds is 7. The van der Waals surface area contributed by atoms with E-state index < -0.39 is 0 Å². The van der Waals surface area contributed by atoms with Gasteiger partial charge in [0.05, 0.1) is 0 Å². The van der Waals surface area contributed by atoms with Crippen LogP contribution in [0.5, 0.6) is 0 Å². The summed E-state index contributed by atoms with van der Waals surface area (Å²) in [5.74, 6) is 1.40. The van der Waals surface area contributed by atoms with Gasteiger partial charge in [0.2, 0.25) is 0 Å². The Labute approximate surface area is 123 Å². The first kappa shape index (κ1) is 15.1. The molecule has 0 unspecified atom stereocenters. The van der Waals surface area contributed by atoms with Crippen molar-refractivity contribution in [3.8, 4) is 0 Å². The van der Waals surface area contributed by atoms with Gasteiger partial charge in [0, 0.05) is 23.6 Å². The molecular formula is C18H28N2. The Hall–Kier alpha value is -1.28. The third-order valence-electron chi connectivity index (χ3n) is 3.56. The molecule has 0 aliphatic heterocycles. The second-order valence-corrected chi connectivity index (χ2v) is 6.57. The Kier molecular flexibility index (Phi) is 5.24. The summed E-state index contributed by atoms with van der Waals surface area (Å²) in [6.45, 7) is 12.3. The van der Waals surface area contributed by atoms with Gasteiger partial charge < -0.3 is 9.88 Å². The fourth-order valence-corrected chi connectivity index (χ4v) is 2.68. The van der Waals surface area contributed by atoms with E-state index in [1.807, 2.05) is 0 Å². The van der Waals surface area contributed by atoms with Crippen LogP contribution in [0.1, 0.15) is 33.3 Å². The Balaban J connectivity index is 2.12. The number of nitrogens with one attached hydrogen (secondary N) is 1. The minimum Gasteiger partial charge on any atom is -0.347 e. The molecule has 0 amide bonds. The molecule has 0 aliphatic carbocycles. The summed E-state index contributed by atoms with van der Waals surface area (Å²) in [6, 6.07) is 8.78. The lowest BCUT2D eigenvalue weighted by Gasteiger charge is -2.07. The smallest absolute Gasteiger partial charge is 0.0483 e. The molecule has 0 radical (unpaired) electrons. The van der Waals surface area contributed by atoms with E-state index >= 15 is 0 Å². The predicted molar refractivity (Wildman–Crippen MR) is 88.2 cm³/mol. The third-order valence-corrected chi connectivity index (χ3v) is 3.56. The molecule has 1 heterocycles. The highest BCUT2D eigenvalue weighted by Gasteiger charge is 2.08. The molecular weight excluding hydrogens is 244 g/mol. The van der Waals surface area contributed by atoms with Crippen LogP contribution in [-0.2, 0) is 13.0 Å². The van der Waals surface area contributed by atoms with Crippen molar-refractivity contribution in [1.29, 1.82) is 0 Å². The Morgan fingerprint density at radius 1 is 1.05 bits per heavy atom. The lowest BCUT2D eigenvalue weighted by molar-refractivity contribution is 0.533. The van der Waals surface area contributed by atoms with Crippen LogP contribution in [0.15, 0.2) is 30.5 Å². The van der Waals surface area contributed by atoms with Crippen molar-refractivity contribution >= 4 is 10.9 Å². The molecule has 20 heavy (non-hydrogen) atoms. The highest BCUT2D eigenvalue weighted by Crippen LogP contribution is 2.22. The largest absolute Gasteiger partial charge is 0.347 e. The second-order valence-electron chi connectivity index (χ2n) is 6.57. The first-order valence-electron chi connectivity index (χ1n) is 7.85. The van der Waals surface area contributed by atoms with Gasteiger partial charge in [-0.2, -0.15) is 0 Å². The molecule has 0 atom stereocenters. The van der Waals surface area contributed by atoms with E-state index in [9.17, 15) is 0 Å². The molecule has 0 aliphatic rings. The molecule has 1 aromatic carbocycles. The number of benzene rings is 1. The van der Waals surface area contributed by atoms with E-state index in [2.05, 4.69) is 68.0 Å². The van der Waals surface area contributed by atoms with Crippen LogP contribution in [0.2, 0.25) is 0 Å². The first-order valence-corrected chi connectivity index (χ1v) is 7.85. The molecule has 110 valence electrons. The third kappa shape index (κ3) is 3.86. The van der Waals surface area contributed by atoms with Gasteiger partial charge in [-0.15, -0.1) is 0 Å². The van der Waals surface area contributed by atoms with Gasteiger partial charge in [0.15, 0.2) is 0 Å². The molecule has 2 aromatic rings. The molecule has 2 nitrogen and oxygen atoms in total. The topological polar surface area (TPSA) is 17.0 Å². The maximum absolute atomic E-state index is 3.54. The zero-order chi connectivity index (χ0) is 14.5. The van der Waals surface area contributed by atoms with E-state index in [0.29, 0.717) is 5.92 Å². The van der Waals surface area contributed by atoms with E-state index in [4.69, 9.17) is 0 Å². The lowest BCUT2D eigenvalue weighted by Crippen LogP contribution is -2.22. The molecule has 2 rings (SSSR count). The van der Waals surface area contributed by atoms with Crippen molar-refractivity contribution in [2.75, 3.05) is 13.1 Å². The van der Waals surface area contributed by atoms with E-state index in [0.717, 1.165) is 32.0 Å². The zero-order valence-corrected chi connectivity index (χ0v) is 13.3. The average molecular weight is 272 g/mol. The monoisotopic (exact) mass is 272 g/mol. The van der Waals surface area contributed by atoms with Crippen LogP contribution in [0.25, 0.3) is 10.9 Å². The Morgan fingerprint density at radius 3 is 2.50 bits per heavy atom. The van der Waals surface area contributed by atoms with Crippen LogP contribution in [0.4, 0.5) is 0 Å². The van der Waals surface area contributed by atoms with Crippen LogP contribution in [0, 0.1) is 11.8 Å². The van der Waals surface area contributed by atoms with Crippen molar-refractivity contribution in [1.82, 2.24) is 9.88 Å². The fraction of sp³-hybridized carbons (Fsp3) is 0.556. The van der Waals surface area contributed by atoms with Crippen molar-refractivity contribution < 1.29 is 0 Å². The number of nitrogens with zero attached hydrogens (tertiary/aromatic N) is 1. The maximum atomic E-state index is 3.54. The van der Waals surface area contributed by atoms with Crippen molar-refractivity contribution in [2.24, 2.45) is 11.8 Å². The van der Waals surface area contributed by atoms with Crippen molar-refractivity contribution in [2.45, 2.75) is 40.7 Å². The summed E-state index contributed by atoms with van der Waals surface area (Å²) in [5.41, 5.74) is 2.84. The second kappa shape index (κ2) is 6.94. The SMILES string of the molecule is CC(C)CNCCc1cn(CC(C)C)c2ccccc12. The van der Waals surface area contributed by atoms with E-state index in [1.54, 1.807) is 0 Å². The Morgan fingerprint density at radius 2 is 1.80 bits per heavy atom. The summed E-state index contributed by atoms with van der Waals surface area (Å²) in [7, 11) is 0. The number of aromatic nitrogens is 1. The summed E-state index contributed by atoms with van der Waals surface area (Å²) in [6.07, 6.45) is 3.46. The quantitative estimate of drug-likeness (QED) is 0.751. The Bertz CT molecular complexity index is 537. The summed E-state index contributed by atoms with van der Waals surface area (Å²) in [4.78, 5) is 0. The normalized spacial score (nSPS) is 11.9. The molecule has 0 saturated heterocycles. The molecule has 1 aromatic heterocycles. The van der Waals surface area contributed by atoms with Crippen LogP contribution < -0.4 is 5.32 Å². The fourth-order valence-electron chi connectivity index (χ4n) is 2.68. The zero-order valence-electron chi connectivity index (χ0n) is 13.3. The van der Waals surface area contributed by atoms with E-state index in [-0.39, 0.29) is 0 Å². The molecule has 1 N–H and O–H groups in total. The minimum absolute atomic E-state index is 0.678. The molecule has 0 saturated carbocycles. The molecule has 2 heteroatoms. The lowest BCUT2D eigenvalue weighted by atomic mass is 10.1. The first-order chi connectivity index (χ1) is 9.58. The van der Waals surface area contributed by atoms with Gasteiger partial charge in [0.1, 0.15) is 0 Å². The highest BCUT2D eigenvalue weighted by molar-refractivity contribution is 5.84. The summed E-state index contributed by atoms with van der Waals surface area (Å²) < 4.78 is 2.41. The average Bonchev–Trinajstić information content (AvgIpc) is 2.73. The van der Waals surface area contributed by atoms with Gasteiger partial charge >= 0.3 is 0 Å². The van der Waals surface area contributed by atoms with Crippen LogP contribution in [-0.4, -0.2) is 17.7 Å². The van der Waals surface area contributed by atoms with Crippen LogP contribution in [0.3, 0.4) is 0 Å². The van der Waals surface area contributed by atoms with Gasteiger partial charge in [-0.05, 0) is 43.0 Å². The minimum atomic E-state index is 0.678. The number of hydrogen-bond donors (Lipinski definition) is 1. The maximum Gasteiger partial charge on any atom is 0.0483 e. The van der Waals surface area contributed by atoms with E-state index in [1.165, 1.54) is 16.5 Å². The highest BCUT2D eigenvalue weighted by atomic mass is 15.0. The molecule has 0 fully saturated rings. The van der Waals surface area contributed by atoms with Gasteiger partial charge in [-0.3, -0.25) is 0 Å². The van der Waals surface area contributed by atoms with Gasteiger partial charge in [-0.25, -0.2) is 0 Å². The van der Waals surface area contributed by atoms with Crippen LogP contribution >= 0.6 is 0 Å². The standard InChI is InChI=1S/C18H28N2/c1-14(2)11-19-10-9-16-13-20(12-15(3)4)18-8-6-5-7-17(16)18/h5-8,13-15,19H,9-12H2,1-4H3. The van der Waals surface area contributed by atoms with Crippen molar-refractivity contribution in [3.63, 3.8) is 0 Å². The number of hydrogen-bond acceptors (Lipinski definition) is 1. The molecule has 0 bridgehead atoms. The van der Waals surface area contributed by atoms with Crippen molar-refractivity contribution in [3.05, 3.63) is 36.0 Å². The molecule has 0 spiro atoms. The van der Waals surface area contributed by atoms with Gasteiger partial charge in [0.25, 0.3) is 0 Å². The number of fused-ring (bicyclic) bond motifs is 1.